The number of aromatic carboxylic acids is 2. The molecule has 0 fully saturated rings. The summed E-state index contributed by atoms with van der Waals surface area (Å²) >= 11 is 0. The van der Waals surface area contributed by atoms with Gasteiger partial charge in [0.15, 0.2) is 0 Å². The Bertz CT molecular complexity index is 1320. The van der Waals surface area contributed by atoms with Crippen molar-refractivity contribution >= 4 is 31.6 Å². The smallest absolute Gasteiger partial charge is 0.335 e. The number of carbonyl (C=O) groups is 2. The second-order valence-electron chi connectivity index (χ2n) is 6.32. The number of nitriles is 1. The number of hydrogen-bond acceptors (Lipinski definition) is 5. The molecule has 0 saturated heterocycles. The van der Waals surface area contributed by atoms with Crippen LogP contribution >= 0.6 is 0 Å². The first kappa shape index (κ1) is 21.2. The number of hydrogen-bond donors (Lipinski definition) is 2. The maximum atomic E-state index is 13.4. The van der Waals surface area contributed by atoms with Gasteiger partial charge in [0.05, 0.1) is 33.6 Å². The van der Waals surface area contributed by atoms with Gasteiger partial charge in [-0.3, -0.25) is 0 Å². The van der Waals surface area contributed by atoms with E-state index in [9.17, 15) is 33.5 Å². The molecule has 9 heteroatoms. The van der Waals surface area contributed by atoms with Gasteiger partial charge in [-0.25, -0.2) is 28.1 Å². The van der Waals surface area contributed by atoms with Gasteiger partial charge >= 0.3 is 11.9 Å². The molecule has 0 atom stereocenters. The van der Waals surface area contributed by atoms with E-state index in [4.69, 9.17) is 6.57 Å². The van der Waals surface area contributed by atoms with Crippen molar-refractivity contribution < 1.29 is 28.2 Å². The van der Waals surface area contributed by atoms with Crippen molar-refractivity contribution in [1.82, 2.24) is 0 Å². The minimum absolute atomic E-state index is 0.0128. The fourth-order valence-corrected chi connectivity index (χ4v) is 4.65. The average Bonchev–Trinajstić information content (AvgIpc) is 2.75. The van der Waals surface area contributed by atoms with E-state index in [1.54, 1.807) is 6.07 Å². The van der Waals surface area contributed by atoms with Gasteiger partial charge in [-0.2, -0.15) is 0 Å². The molecule has 0 radical (unpaired) electrons. The largest absolute Gasteiger partial charge is 0.478 e. The molecule has 2 aromatic carbocycles. The summed E-state index contributed by atoms with van der Waals surface area (Å²) in [5.41, 5.74) is -0.533. The number of nitrogens with zero attached hydrogens (tertiary/aromatic N) is 2. The van der Waals surface area contributed by atoms with Crippen LogP contribution in [0.3, 0.4) is 0 Å². The highest BCUT2D eigenvalue weighted by atomic mass is 32.2. The lowest BCUT2D eigenvalue weighted by Crippen LogP contribution is -2.12. The molecule has 1 aliphatic heterocycles. The number of carboxylic acids is 2. The standard InChI is InChI=1S/C22H12N2O6S/c1-24-18(12-23)17-10-19(13-4-2-6-15(8-13)21(25)26)31(29,30)20(11-17)14-5-3-7-16(9-14)22(27)28/h2-11H,(H,25,26)(H,27,28). The summed E-state index contributed by atoms with van der Waals surface area (Å²) in [6.07, 6.45) is 2.27. The number of rotatable bonds is 4. The van der Waals surface area contributed by atoms with Crippen LogP contribution in [0.25, 0.3) is 14.7 Å². The van der Waals surface area contributed by atoms with E-state index in [1.807, 2.05) is 0 Å². The third-order valence-corrected chi connectivity index (χ3v) is 6.30. The zero-order valence-electron chi connectivity index (χ0n) is 15.6. The van der Waals surface area contributed by atoms with Gasteiger partial charge in [0, 0.05) is 0 Å². The van der Waals surface area contributed by atoms with Crippen molar-refractivity contribution in [1.29, 1.82) is 5.26 Å². The van der Waals surface area contributed by atoms with Gasteiger partial charge in [0.2, 0.25) is 9.84 Å². The molecule has 8 nitrogen and oxygen atoms in total. The van der Waals surface area contributed by atoms with Crippen molar-refractivity contribution in [3.63, 3.8) is 0 Å². The highest BCUT2D eigenvalue weighted by Crippen LogP contribution is 2.39. The summed E-state index contributed by atoms with van der Waals surface area (Å²) < 4.78 is 26.8. The minimum Gasteiger partial charge on any atom is -0.478 e. The van der Waals surface area contributed by atoms with Gasteiger partial charge in [0.25, 0.3) is 5.70 Å². The van der Waals surface area contributed by atoms with Gasteiger partial charge in [0.1, 0.15) is 0 Å². The SMILES string of the molecule is [C-]#[N+]C(C#N)=C1C=C(c2cccc(C(=O)O)c2)S(=O)(=O)C(c2cccc(C(=O)O)c2)=C1. The van der Waals surface area contributed by atoms with Gasteiger partial charge in [-0.15, -0.1) is 0 Å². The molecular weight excluding hydrogens is 420 g/mol. The molecule has 2 N–H and O–H groups in total. The summed E-state index contributed by atoms with van der Waals surface area (Å²) in [6.45, 7) is 7.20. The van der Waals surface area contributed by atoms with E-state index in [1.165, 1.54) is 48.5 Å². The van der Waals surface area contributed by atoms with Crippen molar-refractivity contribution in [2.24, 2.45) is 0 Å². The summed E-state index contributed by atoms with van der Waals surface area (Å²) in [6, 6.07) is 12.2. The summed E-state index contributed by atoms with van der Waals surface area (Å²) in [7, 11) is -4.25. The Morgan fingerprint density at radius 2 is 1.35 bits per heavy atom. The molecule has 0 unspecified atom stereocenters. The van der Waals surface area contributed by atoms with Crippen LogP contribution in [0.1, 0.15) is 31.8 Å². The van der Waals surface area contributed by atoms with E-state index in [-0.39, 0.29) is 43.3 Å². The van der Waals surface area contributed by atoms with Crippen molar-refractivity contribution in [3.05, 3.63) is 106 Å². The number of benzene rings is 2. The fraction of sp³-hybridized carbons (Fsp3) is 0. The minimum atomic E-state index is -4.25. The molecule has 2 aromatic rings. The van der Waals surface area contributed by atoms with E-state index in [2.05, 4.69) is 4.85 Å². The lowest BCUT2D eigenvalue weighted by molar-refractivity contribution is 0.0686. The highest BCUT2D eigenvalue weighted by Gasteiger charge is 2.31. The maximum absolute atomic E-state index is 13.4. The quantitative estimate of drug-likeness (QED) is 0.556. The van der Waals surface area contributed by atoms with E-state index >= 15 is 0 Å². The Hall–Kier alpha value is -4.47. The van der Waals surface area contributed by atoms with Crippen LogP contribution < -0.4 is 0 Å². The van der Waals surface area contributed by atoms with Crippen LogP contribution in [0, 0.1) is 17.9 Å². The molecule has 1 aliphatic rings. The Morgan fingerprint density at radius 3 is 1.71 bits per heavy atom. The number of sulfone groups is 1. The van der Waals surface area contributed by atoms with Crippen LogP contribution in [0.2, 0.25) is 0 Å². The van der Waals surface area contributed by atoms with Gasteiger partial charge < -0.3 is 10.2 Å². The predicted octanol–water partition coefficient (Wildman–Crippen LogP) is 3.59. The van der Waals surface area contributed by atoms with Crippen LogP contribution in [-0.4, -0.2) is 30.6 Å². The normalized spacial score (nSPS) is 14.5. The molecule has 0 aromatic heterocycles. The second-order valence-corrected chi connectivity index (χ2v) is 8.21. The molecule has 1 heterocycles. The zero-order valence-corrected chi connectivity index (χ0v) is 16.4. The average molecular weight is 432 g/mol. The predicted molar refractivity (Wildman–Crippen MR) is 111 cm³/mol. The van der Waals surface area contributed by atoms with Crippen molar-refractivity contribution in [2.75, 3.05) is 0 Å². The first-order valence-electron chi connectivity index (χ1n) is 8.57. The zero-order chi connectivity index (χ0) is 22.8. The Kier molecular flexibility index (Phi) is 5.56. The first-order valence-corrected chi connectivity index (χ1v) is 10.0. The fourth-order valence-electron chi connectivity index (χ4n) is 2.98. The molecule has 0 saturated carbocycles. The summed E-state index contributed by atoms with van der Waals surface area (Å²) in [5, 5.41) is 27.7. The van der Waals surface area contributed by atoms with Crippen LogP contribution in [0.4, 0.5) is 0 Å². The summed E-state index contributed by atoms with van der Waals surface area (Å²) in [4.78, 5) is 25.2. The summed E-state index contributed by atoms with van der Waals surface area (Å²) in [5.74, 6) is -2.51. The third-order valence-electron chi connectivity index (χ3n) is 4.43. The topological polar surface area (TPSA) is 137 Å². The van der Waals surface area contributed by atoms with E-state index in [0.29, 0.717) is 0 Å². The van der Waals surface area contributed by atoms with Gasteiger partial charge in [-0.1, -0.05) is 24.3 Å². The van der Waals surface area contributed by atoms with E-state index in [0.717, 1.165) is 12.2 Å². The maximum Gasteiger partial charge on any atom is 0.335 e. The van der Waals surface area contributed by atoms with Crippen LogP contribution in [-0.2, 0) is 9.84 Å². The van der Waals surface area contributed by atoms with Crippen molar-refractivity contribution in [2.45, 2.75) is 0 Å². The van der Waals surface area contributed by atoms with Crippen molar-refractivity contribution in [3.8, 4) is 6.07 Å². The Labute approximate surface area is 177 Å². The Morgan fingerprint density at radius 1 is 0.903 bits per heavy atom. The molecule has 0 bridgehead atoms. The van der Waals surface area contributed by atoms with Crippen LogP contribution in [0.5, 0.6) is 0 Å². The van der Waals surface area contributed by atoms with E-state index < -0.39 is 21.8 Å². The number of carboxylic acid groups (broad SMARTS) is 2. The molecule has 0 aliphatic carbocycles. The molecule has 3 rings (SSSR count). The lowest BCUT2D eigenvalue weighted by atomic mass is 10.0. The monoisotopic (exact) mass is 432 g/mol. The molecule has 0 spiro atoms. The molecule has 0 amide bonds. The Balaban J connectivity index is 2.33. The highest BCUT2D eigenvalue weighted by molar-refractivity contribution is 8.09. The first-order chi connectivity index (χ1) is 14.7. The number of allylic oxidation sites excluding steroid dienone is 4. The third kappa shape index (κ3) is 3.99. The molecule has 152 valence electrons. The lowest BCUT2D eigenvalue weighted by Gasteiger charge is -2.19. The van der Waals surface area contributed by atoms with Crippen LogP contribution in [0.15, 0.2) is 72.0 Å². The molecular formula is C22H12N2O6S. The van der Waals surface area contributed by atoms with Gasteiger partial charge in [-0.05, 0) is 53.1 Å². The molecule has 31 heavy (non-hydrogen) atoms. The second kappa shape index (κ2) is 8.11.